The van der Waals surface area contributed by atoms with Crippen LogP contribution in [0, 0.1) is 0 Å². The fraction of sp³-hybridized carbons (Fsp3) is 0.912. The summed E-state index contributed by atoms with van der Waals surface area (Å²) < 4.78 is 3.25. The Bertz CT molecular complexity index is 471. The van der Waals surface area contributed by atoms with Gasteiger partial charge in [0, 0.05) is 18.9 Å². The first-order valence-corrected chi connectivity index (χ1v) is 21.0. The normalized spacial score (nSPS) is 9.68. The van der Waals surface area contributed by atoms with Crippen LogP contribution in [0.1, 0.15) is 189 Å². The molecule has 0 aromatic heterocycles. The second-order valence-corrected chi connectivity index (χ2v) is 15.2. The van der Waals surface area contributed by atoms with Crippen LogP contribution < -0.4 is 10.2 Å². The average molecular weight is 692 g/mol. The Hall–Kier alpha value is -0.791. The van der Waals surface area contributed by atoms with Crippen LogP contribution in [-0.4, -0.2) is 44.2 Å². The van der Waals surface area contributed by atoms with Crippen LogP contribution in [0.25, 0.3) is 0 Å². The van der Waals surface area contributed by atoms with E-state index in [4.69, 9.17) is 9.90 Å². The zero-order valence-corrected chi connectivity index (χ0v) is 30.7. The number of carbonyl (C=O) groups is 3. The Morgan fingerprint density at radius 3 is 0.902 bits per heavy atom. The fourth-order valence-electron chi connectivity index (χ4n) is 3.89. The second kappa shape index (κ2) is 46.2. The monoisotopic (exact) mass is 692 g/mol. The van der Waals surface area contributed by atoms with Crippen LogP contribution in [0.4, 0.5) is 0 Å². The Kier molecular flexibility index (Phi) is 53.1. The molecule has 41 heavy (non-hydrogen) atoms. The van der Waals surface area contributed by atoms with E-state index < -0.39 is 17.9 Å². The van der Waals surface area contributed by atoms with Crippen LogP contribution in [-0.2, 0) is 14.4 Å². The molecule has 0 fully saturated rings. The third kappa shape index (κ3) is 73.3. The van der Waals surface area contributed by atoms with Gasteiger partial charge in [0.25, 0.3) is 5.97 Å². The SMILES string of the molecule is CC(=O)O.CCCCCCCCCCCC(=O)[O-].CCCCCCCCCCCC(=O)[O-].CCC[CH2][Sn+2][CH2]CCC. The van der Waals surface area contributed by atoms with Gasteiger partial charge in [-0.15, -0.1) is 0 Å². The van der Waals surface area contributed by atoms with Gasteiger partial charge in [-0.2, -0.15) is 0 Å². The summed E-state index contributed by atoms with van der Waals surface area (Å²) in [5.41, 5.74) is 0. The van der Waals surface area contributed by atoms with E-state index in [2.05, 4.69) is 27.7 Å². The molecule has 0 aromatic carbocycles. The third-order valence-corrected chi connectivity index (χ3v) is 10.4. The first kappa shape index (κ1) is 47.1. The molecule has 1 N–H and O–H groups in total. The van der Waals surface area contributed by atoms with E-state index in [1.807, 2.05) is 0 Å². The minimum atomic E-state index is -0.909. The molecule has 0 spiro atoms. The van der Waals surface area contributed by atoms with Crippen molar-refractivity contribution in [2.75, 3.05) is 0 Å². The third-order valence-electron chi connectivity index (χ3n) is 6.38. The Morgan fingerprint density at radius 2 is 0.683 bits per heavy atom. The molecule has 0 rings (SSSR count). The molecule has 0 atom stereocenters. The van der Waals surface area contributed by atoms with Crippen molar-refractivity contribution in [3.05, 3.63) is 0 Å². The van der Waals surface area contributed by atoms with E-state index >= 15 is 0 Å². The van der Waals surface area contributed by atoms with Gasteiger partial charge < -0.3 is 24.9 Å². The van der Waals surface area contributed by atoms with Gasteiger partial charge in [-0.25, -0.2) is 0 Å². The average Bonchev–Trinajstić information content (AvgIpc) is 2.91. The number of hydrogen-bond acceptors (Lipinski definition) is 5. The number of carboxylic acids is 3. The molecule has 0 saturated carbocycles. The van der Waals surface area contributed by atoms with Crippen LogP contribution in [0.5, 0.6) is 0 Å². The molecule has 244 valence electrons. The number of carbonyl (C=O) groups excluding carboxylic acids is 2. The van der Waals surface area contributed by atoms with Gasteiger partial charge in [0.1, 0.15) is 0 Å². The number of unbranched alkanes of at least 4 members (excludes halogenated alkanes) is 18. The van der Waals surface area contributed by atoms with Crippen LogP contribution in [0.3, 0.4) is 0 Å². The van der Waals surface area contributed by atoms with Gasteiger partial charge >= 0.3 is 69.5 Å². The van der Waals surface area contributed by atoms with E-state index in [1.54, 1.807) is 8.87 Å². The number of aliphatic carboxylic acids is 3. The Morgan fingerprint density at radius 1 is 0.463 bits per heavy atom. The minimum absolute atomic E-state index is 0.149. The van der Waals surface area contributed by atoms with E-state index in [-0.39, 0.29) is 34.0 Å². The molecule has 0 amide bonds. The number of hydrogen-bond donors (Lipinski definition) is 1. The van der Waals surface area contributed by atoms with Crippen molar-refractivity contribution in [3.8, 4) is 0 Å². The van der Waals surface area contributed by atoms with E-state index in [0.717, 1.165) is 32.6 Å². The predicted molar refractivity (Wildman–Crippen MR) is 172 cm³/mol. The standard InChI is InChI=1S/2C12H24O2.2C4H9.C2H4O2.Sn/c2*1-2-3-4-5-6-7-8-9-10-11-12(13)14;2*1-3-4-2;1-2(3)4;/h2*2-11H2,1H3,(H,13,14);2*1,3-4H2,2H3;1H3,(H,3,4);/q;;;;;+2/p-2. The summed E-state index contributed by atoms with van der Waals surface area (Å²) >= 11 is 0.149. The maximum atomic E-state index is 10.1. The Labute approximate surface area is 265 Å². The molecular formula is C34H68O6Sn. The molecule has 0 unspecified atom stereocenters. The summed E-state index contributed by atoms with van der Waals surface area (Å²) in [4.78, 5) is 29.2. The molecule has 0 aliphatic heterocycles. The number of carboxylic acid groups (broad SMARTS) is 3. The van der Waals surface area contributed by atoms with Crippen LogP contribution >= 0.6 is 0 Å². The quantitative estimate of drug-likeness (QED) is 0.0718. The maximum absolute atomic E-state index is 10.1. The van der Waals surface area contributed by atoms with Crippen LogP contribution in [0.15, 0.2) is 0 Å². The second-order valence-electron chi connectivity index (χ2n) is 10.9. The van der Waals surface area contributed by atoms with Crippen molar-refractivity contribution in [2.45, 2.75) is 198 Å². The molecule has 0 heterocycles. The van der Waals surface area contributed by atoms with Crippen molar-refractivity contribution < 1.29 is 29.7 Å². The van der Waals surface area contributed by atoms with Gasteiger partial charge in [0.2, 0.25) is 0 Å². The first-order valence-electron chi connectivity index (χ1n) is 17.0. The summed E-state index contributed by atoms with van der Waals surface area (Å²) in [5.74, 6) is -2.65. The van der Waals surface area contributed by atoms with Gasteiger partial charge in [0.15, 0.2) is 0 Å². The van der Waals surface area contributed by atoms with Crippen molar-refractivity contribution in [2.24, 2.45) is 0 Å². The molecule has 0 aromatic rings. The van der Waals surface area contributed by atoms with Crippen molar-refractivity contribution in [1.29, 1.82) is 0 Å². The summed E-state index contributed by atoms with van der Waals surface area (Å²) in [7, 11) is 0. The van der Waals surface area contributed by atoms with Gasteiger partial charge in [0.05, 0.1) is 0 Å². The summed E-state index contributed by atoms with van der Waals surface area (Å²) in [5, 5.41) is 27.6. The summed E-state index contributed by atoms with van der Waals surface area (Å²) in [6.45, 7) is 10.1. The zero-order valence-electron chi connectivity index (χ0n) is 27.9. The van der Waals surface area contributed by atoms with Crippen molar-refractivity contribution in [3.63, 3.8) is 0 Å². The fourth-order valence-corrected chi connectivity index (χ4v) is 8.05. The number of rotatable bonds is 26. The van der Waals surface area contributed by atoms with E-state index in [0.29, 0.717) is 0 Å². The molecule has 6 nitrogen and oxygen atoms in total. The van der Waals surface area contributed by atoms with Gasteiger partial charge in [-0.05, 0) is 25.7 Å². The topological polar surface area (TPSA) is 118 Å². The summed E-state index contributed by atoms with van der Waals surface area (Å²) in [6.07, 6.45) is 28.2. The van der Waals surface area contributed by atoms with Gasteiger partial charge in [-0.3, -0.25) is 4.79 Å². The molecule has 0 saturated heterocycles. The van der Waals surface area contributed by atoms with Gasteiger partial charge in [-0.1, -0.05) is 117 Å². The zero-order chi connectivity index (χ0) is 31.8. The molecular weight excluding hydrogens is 623 g/mol. The summed E-state index contributed by atoms with van der Waals surface area (Å²) in [6, 6.07) is 0. The first-order chi connectivity index (χ1) is 19.7. The molecule has 0 bridgehead atoms. The molecule has 0 aliphatic rings. The predicted octanol–water partition coefficient (Wildman–Crippen LogP) is 8.53. The Balaban J connectivity index is -0.000000239. The molecule has 0 radical (unpaired) electrons. The van der Waals surface area contributed by atoms with Crippen molar-refractivity contribution >= 4 is 39.1 Å². The molecule has 0 aliphatic carbocycles. The van der Waals surface area contributed by atoms with E-state index in [1.165, 1.54) is 116 Å². The van der Waals surface area contributed by atoms with Crippen LogP contribution in [0.2, 0.25) is 8.87 Å². The van der Waals surface area contributed by atoms with Crippen molar-refractivity contribution in [1.82, 2.24) is 0 Å². The van der Waals surface area contributed by atoms with E-state index in [9.17, 15) is 19.8 Å². The molecule has 7 heteroatoms.